The van der Waals surface area contributed by atoms with Gasteiger partial charge in [0.1, 0.15) is 0 Å². The first-order chi connectivity index (χ1) is 9.61. The Balaban J connectivity index is 2.22. The molecule has 4 nitrogen and oxygen atoms in total. The normalized spacial score (nSPS) is 11.7. The van der Waals surface area contributed by atoms with Crippen molar-refractivity contribution in [3.63, 3.8) is 0 Å². The predicted molar refractivity (Wildman–Crippen MR) is 80.7 cm³/mol. The summed E-state index contributed by atoms with van der Waals surface area (Å²) < 4.78 is 5.65. The fraction of sp³-hybridized carbons (Fsp3) is 0.143. The molecule has 104 valence electrons. The van der Waals surface area contributed by atoms with Crippen LogP contribution in [0.25, 0.3) is 0 Å². The predicted octanol–water partition coefficient (Wildman–Crippen LogP) is 3.15. The van der Waals surface area contributed by atoms with Crippen molar-refractivity contribution < 1.29 is 14.3 Å². The van der Waals surface area contributed by atoms with Crippen LogP contribution in [0, 0.1) is 0 Å². The molecule has 1 amide bonds. The second kappa shape index (κ2) is 6.67. The molecule has 1 heterocycles. The second-order valence-electron chi connectivity index (χ2n) is 3.99. The molecule has 0 bridgehead atoms. The first-order valence-electron chi connectivity index (χ1n) is 5.78. The summed E-state index contributed by atoms with van der Waals surface area (Å²) >= 11 is 4.75. The third-order valence-electron chi connectivity index (χ3n) is 2.70. The molecule has 0 radical (unpaired) electrons. The van der Waals surface area contributed by atoms with Crippen molar-refractivity contribution in [1.29, 1.82) is 0 Å². The highest BCUT2D eigenvalue weighted by Gasteiger charge is 2.24. The Morgan fingerprint density at radius 1 is 1.25 bits per heavy atom. The summed E-state index contributed by atoms with van der Waals surface area (Å²) in [6.07, 6.45) is 0. The maximum Gasteiger partial charge on any atom is 0.333 e. The molecule has 0 saturated heterocycles. The largest absolute Gasteiger partial charge is 0.467 e. The smallest absolute Gasteiger partial charge is 0.333 e. The summed E-state index contributed by atoms with van der Waals surface area (Å²) in [5, 5.41) is 6.22. The third kappa shape index (κ3) is 3.46. The maximum absolute atomic E-state index is 12.1. The zero-order valence-electron chi connectivity index (χ0n) is 10.6. The van der Waals surface area contributed by atoms with Gasteiger partial charge in [-0.25, -0.2) is 4.79 Å². The van der Waals surface area contributed by atoms with Gasteiger partial charge in [-0.15, -0.1) is 0 Å². The Bertz CT molecular complexity index is 595. The number of hydrogen-bond donors (Lipinski definition) is 1. The van der Waals surface area contributed by atoms with Crippen LogP contribution in [-0.2, 0) is 9.53 Å². The van der Waals surface area contributed by atoms with E-state index in [1.54, 1.807) is 23.6 Å². The standard InChI is InChI=1S/C14H12BrNO3S/c1-19-14(18)12(9-2-4-11(15)5-3-9)16-13(17)10-6-7-20-8-10/h2-8,12H,1H3,(H,16,17). The SMILES string of the molecule is COC(=O)C(NC(=O)c1ccsc1)c1ccc(Br)cc1. The van der Waals surface area contributed by atoms with Gasteiger partial charge in [-0.1, -0.05) is 28.1 Å². The summed E-state index contributed by atoms with van der Waals surface area (Å²) in [4.78, 5) is 23.9. The second-order valence-corrected chi connectivity index (χ2v) is 5.69. The van der Waals surface area contributed by atoms with Crippen LogP contribution in [-0.4, -0.2) is 19.0 Å². The van der Waals surface area contributed by atoms with E-state index in [1.807, 2.05) is 17.5 Å². The number of ether oxygens (including phenoxy) is 1. The van der Waals surface area contributed by atoms with E-state index < -0.39 is 12.0 Å². The maximum atomic E-state index is 12.1. The molecule has 6 heteroatoms. The molecule has 0 aliphatic carbocycles. The number of amides is 1. The van der Waals surface area contributed by atoms with Crippen molar-refractivity contribution >= 4 is 39.1 Å². The van der Waals surface area contributed by atoms with Gasteiger partial charge in [0.2, 0.25) is 0 Å². The third-order valence-corrected chi connectivity index (χ3v) is 3.91. The number of hydrogen-bond acceptors (Lipinski definition) is 4. The molecule has 0 aliphatic rings. The van der Waals surface area contributed by atoms with E-state index in [-0.39, 0.29) is 5.91 Å². The van der Waals surface area contributed by atoms with E-state index >= 15 is 0 Å². The van der Waals surface area contributed by atoms with Gasteiger partial charge in [0.15, 0.2) is 6.04 Å². The molecule has 1 unspecified atom stereocenters. The molecular formula is C14H12BrNO3S. The fourth-order valence-corrected chi connectivity index (χ4v) is 2.56. The molecule has 0 saturated carbocycles. The van der Waals surface area contributed by atoms with Gasteiger partial charge < -0.3 is 10.1 Å². The number of carbonyl (C=O) groups is 2. The van der Waals surface area contributed by atoms with Crippen molar-refractivity contribution in [2.24, 2.45) is 0 Å². The van der Waals surface area contributed by atoms with Crippen molar-refractivity contribution in [1.82, 2.24) is 5.32 Å². The first-order valence-corrected chi connectivity index (χ1v) is 7.51. The van der Waals surface area contributed by atoms with Crippen LogP contribution in [0.3, 0.4) is 0 Å². The summed E-state index contributed by atoms with van der Waals surface area (Å²) in [6, 6.07) is 8.03. The van der Waals surface area contributed by atoms with Gasteiger partial charge in [-0.2, -0.15) is 11.3 Å². The van der Waals surface area contributed by atoms with E-state index in [0.717, 1.165) is 4.47 Å². The summed E-state index contributed by atoms with van der Waals surface area (Å²) in [6.45, 7) is 0. The van der Waals surface area contributed by atoms with E-state index in [2.05, 4.69) is 21.2 Å². The molecule has 1 N–H and O–H groups in total. The monoisotopic (exact) mass is 353 g/mol. The first kappa shape index (κ1) is 14.7. The average molecular weight is 354 g/mol. The zero-order valence-corrected chi connectivity index (χ0v) is 13.0. The van der Waals surface area contributed by atoms with E-state index in [1.165, 1.54) is 18.4 Å². The van der Waals surface area contributed by atoms with Crippen LogP contribution >= 0.6 is 27.3 Å². The lowest BCUT2D eigenvalue weighted by atomic mass is 10.1. The van der Waals surface area contributed by atoms with Crippen LogP contribution in [0.1, 0.15) is 22.0 Å². The van der Waals surface area contributed by atoms with Crippen molar-refractivity contribution in [2.45, 2.75) is 6.04 Å². The average Bonchev–Trinajstić information content (AvgIpc) is 2.99. The van der Waals surface area contributed by atoms with E-state index in [4.69, 9.17) is 4.74 Å². The highest BCUT2D eigenvalue weighted by Crippen LogP contribution is 2.19. The van der Waals surface area contributed by atoms with Gasteiger partial charge in [-0.05, 0) is 29.1 Å². The van der Waals surface area contributed by atoms with Crippen molar-refractivity contribution in [2.75, 3.05) is 7.11 Å². The number of esters is 1. The van der Waals surface area contributed by atoms with Gasteiger partial charge in [0, 0.05) is 9.85 Å². The number of thiophene rings is 1. The molecule has 1 aromatic heterocycles. The fourth-order valence-electron chi connectivity index (χ4n) is 1.66. The van der Waals surface area contributed by atoms with Crippen molar-refractivity contribution in [3.05, 3.63) is 56.7 Å². The van der Waals surface area contributed by atoms with Crippen molar-refractivity contribution in [3.8, 4) is 0 Å². The zero-order chi connectivity index (χ0) is 14.5. The summed E-state index contributed by atoms with van der Waals surface area (Å²) in [7, 11) is 1.30. The molecule has 1 atom stereocenters. The summed E-state index contributed by atoms with van der Waals surface area (Å²) in [5.74, 6) is -0.805. The Hall–Kier alpha value is -1.66. The lowest BCUT2D eigenvalue weighted by Crippen LogP contribution is -2.34. The molecule has 0 fully saturated rings. The van der Waals surface area contributed by atoms with Crippen LogP contribution in [0.2, 0.25) is 0 Å². The molecule has 2 aromatic rings. The molecule has 0 spiro atoms. The quantitative estimate of drug-likeness (QED) is 0.859. The van der Waals surface area contributed by atoms with Gasteiger partial charge in [-0.3, -0.25) is 4.79 Å². The lowest BCUT2D eigenvalue weighted by molar-refractivity contribution is -0.143. The van der Waals surface area contributed by atoms with Gasteiger partial charge in [0.05, 0.1) is 12.7 Å². The molecular weight excluding hydrogens is 342 g/mol. The molecule has 1 aromatic carbocycles. The number of rotatable bonds is 4. The number of nitrogens with one attached hydrogen (secondary N) is 1. The number of halogens is 1. The van der Waals surface area contributed by atoms with E-state index in [0.29, 0.717) is 11.1 Å². The van der Waals surface area contributed by atoms with Crippen LogP contribution < -0.4 is 5.32 Å². The Labute approximate surface area is 128 Å². The van der Waals surface area contributed by atoms with Crippen LogP contribution in [0.15, 0.2) is 45.6 Å². The molecule has 20 heavy (non-hydrogen) atoms. The summed E-state index contributed by atoms with van der Waals surface area (Å²) in [5.41, 5.74) is 1.20. The Morgan fingerprint density at radius 2 is 1.95 bits per heavy atom. The molecule has 2 rings (SSSR count). The highest BCUT2D eigenvalue weighted by atomic mass is 79.9. The van der Waals surface area contributed by atoms with Gasteiger partial charge >= 0.3 is 5.97 Å². The molecule has 0 aliphatic heterocycles. The van der Waals surface area contributed by atoms with Gasteiger partial charge in [0.25, 0.3) is 5.91 Å². The lowest BCUT2D eigenvalue weighted by Gasteiger charge is -2.16. The van der Waals surface area contributed by atoms with E-state index in [9.17, 15) is 9.59 Å². The minimum absolute atomic E-state index is 0.301. The minimum Gasteiger partial charge on any atom is -0.467 e. The van der Waals surface area contributed by atoms with Crippen LogP contribution in [0.4, 0.5) is 0 Å². The Kier molecular flexibility index (Phi) is 4.92. The highest BCUT2D eigenvalue weighted by molar-refractivity contribution is 9.10. The van der Waals surface area contributed by atoms with Crippen LogP contribution in [0.5, 0.6) is 0 Å². The number of benzene rings is 1. The topological polar surface area (TPSA) is 55.4 Å². The Morgan fingerprint density at radius 3 is 2.50 bits per heavy atom. The number of methoxy groups -OCH3 is 1. The number of carbonyl (C=O) groups excluding carboxylic acids is 2. The minimum atomic E-state index is -0.819.